The Labute approximate surface area is 122 Å². The number of anilines is 1. The van der Waals surface area contributed by atoms with Crippen molar-refractivity contribution >= 4 is 5.69 Å². The first-order chi connectivity index (χ1) is 9.67. The molecule has 2 rings (SSSR count). The summed E-state index contributed by atoms with van der Waals surface area (Å²) in [4.78, 5) is 2.26. The maximum atomic E-state index is 14.4. The number of hydrogen-bond donors (Lipinski definition) is 1. The first kappa shape index (κ1) is 15.3. The van der Waals surface area contributed by atoms with Crippen molar-refractivity contribution < 1.29 is 4.39 Å². The molecule has 0 amide bonds. The SMILES string of the molecule is CCCCN(c1ccc(C(C)NCC)cc1F)C1CC1. The summed E-state index contributed by atoms with van der Waals surface area (Å²) in [5.41, 5.74) is 1.81. The third-order valence-corrected chi connectivity index (χ3v) is 4.03. The smallest absolute Gasteiger partial charge is 0.146 e. The van der Waals surface area contributed by atoms with Crippen LogP contribution in [0.25, 0.3) is 0 Å². The van der Waals surface area contributed by atoms with Gasteiger partial charge < -0.3 is 10.2 Å². The van der Waals surface area contributed by atoms with Gasteiger partial charge in [0.25, 0.3) is 0 Å². The van der Waals surface area contributed by atoms with Crippen LogP contribution in [0.4, 0.5) is 10.1 Å². The maximum absolute atomic E-state index is 14.4. The first-order valence-corrected chi connectivity index (χ1v) is 7.96. The Morgan fingerprint density at radius 2 is 2.10 bits per heavy atom. The average molecular weight is 278 g/mol. The molecule has 1 aromatic carbocycles. The average Bonchev–Trinajstić information content (AvgIpc) is 3.25. The second kappa shape index (κ2) is 7.07. The Kier molecular flexibility index (Phi) is 5.41. The van der Waals surface area contributed by atoms with Crippen LogP contribution in [0.15, 0.2) is 18.2 Å². The van der Waals surface area contributed by atoms with Gasteiger partial charge in [0.2, 0.25) is 0 Å². The van der Waals surface area contributed by atoms with Crippen molar-refractivity contribution in [3.8, 4) is 0 Å². The van der Waals surface area contributed by atoms with Gasteiger partial charge in [-0.15, -0.1) is 0 Å². The molecule has 1 aliphatic rings. The van der Waals surface area contributed by atoms with Crippen LogP contribution < -0.4 is 10.2 Å². The minimum absolute atomic E-state index is 0.0738. The molecular formula is C17H27FN2. The summed E-state index contributed by atoms with van der Waals surface area (Å²) >= 11 is 0. The summed E-state index contributed by atoms with van der Waals surface area (Å²) in [5, 5.41) is 3.33. The van der Waals surface area contributed by atoms with Gasteiger partial charge in [0.05, 0.1) is 5.69 Å². The molecule has 1 saturated carbocycles. The number of halogens is 1. The lowest BCUT2D eigenvalue weighted by atomic mass is 10.1. The Bertz CT molecular complexity index is 429. The molecule has 1 aliphatic carbocycles. The molecule has 0 aromatic heterocycles. The molecule has 1 unspecified atom stereocenters. The van der Waals surface area contributed by atoms with Crippen molar-refractivity contribution in [2.45, 2.75) is 58.5 Å². The number of nitrogens with zero attached hydrogens (tertiary/aromatic N) is 1. The van der Waals surface area contributed by atoms with E-state index in [-0.39, 0.29) is 11.9 Å². The molecule has 0 aliphatic heterocycles. The summed E-state index contributed by atoms with van der Waals surface area (Å²) in [6.45, 7) is 8.20. The van der Waals surface area contributed by atoms with Crippen LogP contribution in [0.5, 0.6) is 0 Å². The number of benzene rings is 1. The lowest BCUT2D eigenvalue weighted by molar-refractivity contribution is 0.578. The summed E-state index contributed by atoms with van der Waals surface area (Å²) in [7, 11) is 0. The fourth-order valence-electron chi connectivity index (χ4n) is 2.66. The van der Waals surface area contributed by atoms with E-state index in [1.807, 2.05) is 6.07 Å². The molecule has 3 heteroatoms. The molecule has 0 radical (unpaired) electrons. The highest BCUT2D eigenvalue weighted by molar-refractivity contribution is 5.51. The van der Waals surface area contributed by atoms with E-state index in [0.717, 1.165) is 37.2 Å². The zero-order chi connectivity index (χ0) is 14.5. The normalized spacial score (nSPS) is 16.2. The van der Waals surface area contributed by atoms with E-state index in [1.165, 1.54) is 12.8 Å². The van der Waals surface area contributed by atoms with Crippen molar-refractivity contribution in [3.63, 3.8) is 0 Å². The molecule has 1 N–H and O–H groups in total. The number of nitrogens with one attached hydrogen (secondary N) is 1. The topological polar surface area (TPSA) is 15.3 Å². The minimum atomic E-state index is -0.0738. The van der Waals surface area contributed by atoms with Crippen LogP contribution in [-0.4, -0.2) is 19.1 Å². The lowest BCUT2D eigenvalue weighted by Gasteiger charge is -2.26. The van der Waals surface area contributed by atoms with Crippen LogP contribution >= 0.6 is 0 Å². The number of unbranched alkanes of at least 4 members (excludes halogenated alkanes) is 1. The zero-order valence-corrected chi connectivity index (χ0v) is 13.0. The molecule has 112 valence electrons. The summed E-state index contributed by atoms with van der Waals surface area (Å²) < 4.78 is 14.4. The molecule has 0 spiro atoms. The van der Waals surface area contributed by atoms with Crippen molar-refractivity contribution in [2.24, 2.45) is 0 Å². The maximum Gasteiger partial charge on any atom is 0.146 e. The molecular weight excluding hydrogens is 251 g/mol. The molecule has 0 heterocycles. The van der Waals surface area contributed by atoms with Crippen LogP contribution in [0.2, 0.25) is 0 Å². The quantitative estimate of drug-likeness (QED) is 0.764. The predicted octanol–water partition coefficient (Wildman–Crippen LogP) is 4.27. The Hall–Kier alpha value is -1.09. The lowest BCUT2D eigenvalue weighted by Crippen LogP contribution is -2.28. The zero-order valence-electron chi connectivity index (χ0n) is 13.0. The monoisotopic (exact) mass is 278 g/mol. The fraction of sp³-hybridized carbons (Fsp3) is 0.647. The van der Waals surface area contributed by atoms with Crippen molar-refractivity contribution in [1.82, 2.24) is 5.32 Å². The molecule has 0 bridgehead atoms. The van der Waals surface area contributed by atoms with E-state index in [2.05, 4.69) is 37.1 Å². The van der Waals surface area contributed by atoms with Gasteiger partial charge in [0, 0.05) is 18.6 Å². The van der Waals surface area contributed by atoms with Gasteiger partial charge in [0.1, 0.15) is 5.82 Å². The molecule has 1 atom stereocenters. The van der Waals surface area contributed by atoms with Gasteiger partial charge >= 0.3 is 0 Å². The molecule has 20 heavy (non-hydrogen) atoms. The van der Waals surface area contributed by atoms with E-state index >= 15 is 0 Å². The first-order valence-electron chi connectivity index (χ1n) is 7.96. The predicted molar refractivity (Wildman–Crippen MR) is 83.8 cm³/mol. The Balaban J connectivity index is 2.14. The molecule has 0 saturated heterocycles. The van der Waals surface area contributed by atoms with Gasteiger partial charge in [-0.2, -0.15) is 0 Å². The van der Waals surface area contributed by atoms with E-state index in [0.29, 0.717) is 6.04 Å². The standard InChI is InChI=1S/C17H27FN2/c1-4-6-11-20(15-8-9-15)17-10-7-14(12-16(17)18)13(3)19-5-2/h7,10,12-13,15,19H,4-6,8-9,11H2,1-3H3. The van der Waals surface area contributed by atoms with Crippen LogP contribution in [-0.2, 0) is 0 Å². The van der Waals surface area contributed by atoms with Crippen LogP contribution in [0.1, 0.15) is 58.1 Å². The number of rotatable bonds is 8. The Morgan fingerprint density at radius 3 is 2.65 bits per heavy atom. The minimum Gasteiger partial charge on any atom is -0.366 e. The number of hydrogen-bond acceptors (Lipinski definition) is 2. The highest BCUT2D eigenvalue weighted by Crippen LogP contribution is 2.34. The largest absolute Gasteiger partial charge is 0.366 e. The van der Waals surface area contributed by atoms with Gasteiger partial charge in [-0.3, -0.25) is 0 Å². The van der Waals surface area contributed by atoms with Crippen molar-refractivity contribution in [2.75, 3.05) is 18.0 Å². The highest BCUT2D eigenvalue weighted by atomic mass is 19.1. The second-order valence-corrected chi connectivity index (χ2v) is 5.77. The van der Waals surface area contributed by atoms with Crippen LogP contribution in [0, 0.1) is 5.82 Å². The van der Waals surface area contributed by atoms with Gasteiger partial charge in [-0.1, -0.05) is 26.3 Å². The van der Waals surface area contributed by atoms with Gasteiger partial charge in [-0.05, 0) is 50.4 Å². The third kappa shape index (κ3) is 3.72. The van der Waals surface area contributed by atoms with E-state index in [9.17, 15) is 4.39 Å². The van der Waals surface area contributed by atoms with E-state index in [4.69, 9.17) is 0 Å². The summed E-state index contributed by atoms with van der Waals surface area (Å²) in [6, 6.07) is 6.49. The summed E-state index contributed by atoms with van der Waals surface area (Å²) in [5.74, 6) is -0.0738. The third-order valence-electron chi connectivity index (χ3n) is 4.03. The van der Waals surface area contributed by atoms with Crippen LogP contribution in [0.3, 0.4) is 0 Å². The van der Waals surface area contributed by atoms with Crippen molar-refractivity contribution in [3.05, 3.63) is 29.6 Å². The molecule has 1 aromatic rings. The Morgan fingerprint density at radius 1 is 1.35 bits per heavy atom. The van der Waals surface area contributed by atoms with E-state index in [1.54, 1.807) is 6.07 Å². The van der Waals surface area contributed by atoms with Gasteiger partial charge in [-0.25, -0.2) is 4.39 Å². The molecule has 2 nitrogen and oxygen atoms in total. The fourth-order valence-corrected chi connectivity index (χ4v) is 2.66. The highest BCUT2D eigenvalue weighted by Gasteiger charge is 2.30. The van der Waals surface area contributed by atoms with E-state index < -0.39 is 0 Å². The molecule has 1 fully saturated rings. The summed E-state index contributed by atoms with van der Waals surface area (Å²) in [6.07, 6.45) is 4.70. The second-order valence-electron chi connectivity index (χ2n) is 5.77. The van der Waals surface area contributed by atoms with Crippen molar-refractivity contribution in [1.29, 1.82) is 0 Å². The van der Waals surface area contributed by atoms with Gasteiger partial charge in [0.15, 0.2) is 0 Å².